The highest BCUT2D eigenvalue weighted by Crippen LogP contribution is 2.28. The molecule has 3 aromatic heterocycles. The second-order valence-electron chi connectivity index (χ2n) is 5.58. The van der Waals surface area contributed by atoms with E-state index in [4.69, 9.17) is 11.6 Å². The van der Waals surface area contributed by atoms with Gasteiger partial charge in [-0.3, -0.25) is 0 Å². The third-order valence-electron chi connectivity index (χ3n) is 3.88. The summed E-state index contributed by atoms with van der Waals surface area (Å²) in [5.41, 5.74) is 2.28. The predicted octanol–water partition coefficient (Wildman–Crippen LogP) is 3.27. The third-order valence-corrected chi connectivity index (χ3v) is 4.08. The molecule has 1 saturated heterocycles. The van der Waals surface area contributed by atoms with Crippen molar-refractivity contribution in [1.82, 2.24) is 25.3 Å². The van der Waals surface area contributed by atoms with E-state index in [1.54, 1.807) is 18.5 Å². The summed E-state index contributed by atoms with van der Waals surface area (Å²) in [5.74, 6) is -0.0919. The molecule has 8 heteroatoms. The number of aliphatic imine (C=N–C) groups is 1. The van der Waals surface area contributed by atoms with Crippen LogP contribution in [0.4, 0.5) is 10.2 Å². The van der Waals surface area contributed by atoms with E-state index in [2.05, 4.69) is 30.2 Å². The number of nitrogens with zero attached hydrogens (tertiary/aromatic N) is 4. The van der Waals surface area contributed by atoms with Crippen LogP contribution in [0.5, 0.6) is 0 Å². The Labute approximate surface area is 142 Å². The van der Waals surface area contributed by atoms with Gasteiger partial charge in [-0.05, 0) is 25.5 Å². The molecule has 4 rings (SSSR count). The van der Waals surface area contributed by atoms with E-state index < -0.39 is 5.82 Å². The number of fused-ring (bicyclic) bond motifs is 1. The topological polar surface area (TPSA) is 78.8 Å². The average molecular weight is 345 g/mol. The van der Waals surface area contributed by atoms with Gasteiger partial charge in [0.25, 0.3) is 0 Å². The minimum atomic E-state index is -0.534. The van der Waals surface area contributed by atoms with Crippen molar-refractivity contribution in [3.05, 3.63) is 35.5 Å². The van der Waals surface area contributed by atoms with Gasteiger partial charge in [0.1, 0.15) is 5.65 Å². The Hall–Kier alpha value is -2.38. The Bertz CT molecular complexity index is 927. The lowest BCUT2D eigenvalue weighted by Crippen LogP contribution is -2.29. The molecule has 3 aromatic rings. The van der Waals surface area contributed by atoms with Crippen LogP contribution < -0.4 is 5.32 Å². The van der Waals surface area contributed by atoms with Crippen LogP contribution in [-0.2, 0) is 0 Å². The second-order valence-corrected chi connectivity index (χ2v) is 6.01. The molecule has 4 heterocycles. The molecular weight excluding hydrogens is 331 g/mol. The number of rotatable bonds is 2. The smallest absolute Gasteiger partial charge is 0.192 e. The minimum Gasteiger partial charge on any atom is -0.345 e. The summed E-state index contributed by atoms with van der Waals surface area (Å²) < 4.78 is 14.1. The van der Waals surface area contributed by atoms with E-state index in [1.807, 2.05) is 0 Å². The van der Waals surface area contributed by atoms with E-state index in [9.17, 15) is 4.39 Å². The van der Waals surface area contributed by atoms with Crippen molar-refractivity contribution in [1.29, 1.82) is 0 Å². The molecule has 122 valence electrons. The molecule has 6 nitrogen and oxygen atoms in total. The Morgan fingerprint density at radius 3 is 3.00 bits per heavy atom. The van der Waals surface area contributed by atoms with Gasteiger partial charge in [-0.15, -0.1) is 0 Å². The molecule has 0 radical (unpaired) electrons. The summed E-state index contributed by atoms with van der Waals surface area (Å²) in [5, 5.41) is 4.52. The fourth-order valence-electron chi connectivity index (χ4n) is 2.71. The van der Waals surface area contributed by atoms with E-state index in [1.165, 1.54) is 0 Å². The van der Waals surface area contributed by atoms with Crippen LogP contribution in [0.1, 0.15) is 12.8 Å². The Morgan fingerprint density at radius 2 is 2.17 bits per heavy atom. The molecule has 0 amide bonds. The van der Waals surface area contributed by atoms with Crippen LogP contribution in [0.25, 0.3) is 22.4 Å². The number of aromatic nitrogens is 4. The lowest BCUT2D eigenvalue weighted by molar-refractivity contribution is 0.615. The number of pyridine rings is 1. The Balaban J connectivity index is 1.78. The lowest BCUT2D eigenvalue weighted by atomic mass is 10.1. The van der Waals surface area contributed by atoms with Gasteiger partial charge in [-0.25, -0.2) is 24.3 Å². The van der Waals surface area contributed by atoms with Gasteiger partial charge in [-0.2, -0.15) is 0 Å². The second kappa shape index (κ2) is 6.26. The van der Waals surface area contributed by atoms with Gasteiger partial charge in [0, 0.05) is 35.6 Å². The maximum Gasteiger partial charge on any atom is 0.192 e. The van der Waals surface area contributed by atoms with Gasteiger partial charge in [0.15, 0.2) is 17.5 Å². The van der Waals surface area contributed by atoms with E-state index in [0.29, 0.717) is 28.6 Å². The maximum absolute atomic E-state index is 14.1. The van der Waals surface area contributed by atoms with Crippen molar-refractivity contribution in [2.75, 3.05) is 13.1 Å². The van der Waals surface area contributed by atoms with Crippen LogP contribution in [0.3, 0.4) is 0 Å². The molecule has 0 saturated carbocycles. The highest BCUT2D eigenvalue weighted by atomic mass is 35.5. The minimum absolute atomic E-state index is 0.0584. The van der Waals surface area contributed by atoms with Crippen LogP contribution in [0, 0.1) is 5.82 Å². The maximum atomic E-state index is 14.1. The summed E-state index contributed by atoms with van der Waals surface area (Å²) >= 11 is 6.01. The summed E-state index contributed by atoms with van der Waals surface area (Å²) in [6.45, 7) is 1.62. The molecule has 1 aliphatic heterocycles. The van der Waals surface area contributed by atoms with Gasteiger partial charge >= 0.3 is 0 Å². The summed E-state index contributed by atoms with van der Waals surface area (Å²) in [4.78, 5) is 20.0. The van der Waals surface area contributed by atoms with Gasteiger partial charge in [0.05, 0.1) is 11.2 Å². The SMILES string of the molecule is Fc1cnc(-c2c[nH]c3ncc(Cl)cc23)nc1N=C1CCCNC1. The molecule has 0 unspecified atom stereocenters. The first kappa shape index (κ1) is 15.2. The first-order chi connectivity index (χ1) is 11.7. The first-order valence-corrected chi connectivity index (χ1v) is 8.01. The molecule has 1 fully saturated rings. The number of hydrogen-bond acceptors (Lipinski definition) is 5. The highest BCUT2D eigenvalue weighted by molar-refractivity contribution is 6.31. The molecule has 0 atom stereocenters. The number of halogens is 2. The fraction of sp³-hybridized carbons (Fsp3) is 0.250. The zero-order valence-electron chi connectivity index (χ0n) is 12.7. The van der Waals surface area contributed by atoms with Crippen LogP contribution in [0.2, 0.25) is 5.02 Å². The average Bonchev–Trinajstić information content (AvgIpc) is 3.01. The van der Waals surface area contributed by atoms with Crippen molar-refractivity contribution < 1.29 is 4.39 Å². The summed E-state index contributed by atoms with van der Waals surface area (Å²) in [7, 11) is 0. The quantitative estimate of drug-likeness (QED) is 0.747. The van der Waals surface area contributed by atoms with Crippen LogP contribution >= 0.6 is 11.6 Å². The van der Waals surface area contributed by atoms with E-state index >= 15 is 0 Å². The molecule has 0 aliphatic carbocycles. The zero-order chi connectivity index (χ0) is 16.5. The predicted molar refractivity (Wildman–Crippen MR) is 91.3 cm³/mol. The fourth-order valence-corrected chi connectivity index (χ4v) is 2.87. The molecule has 0 bridgehead atoms. The van der Waals surface area contributed by atoms with Crippen LogP contribution in [0.15, 0.2) is 29.6 Å². The van der Waals surface area contributed by atoms with Crippen molar-refractivity contribution >= 4 is 34.2 Å². The van der Waals surface area contributed by atoms with Gasteiger partial charge in [0.2, 0.25) is 0 Å². The van der Waals surface area contributed by atoms with Gasteiger partial charge < -0.3 is 10.3 Å². The lowest BCUT2D eigenvalue weighted by Gasteiger charge is -2.13. The third kappa shape index (κ3) is 2.88. The van der Waals surface area contributed by atoms with Crippen molar-refractivity contribution in [3.63, 3.8) is 0 Å². The molecule has 24 heavy (non-hydrogen) atoms. The molecule has 1 aliphatic rings. The number of aromatic amines is 1. The van der Waals surface area contributed by atoms with Crippen molar-refractivity contribution in [2.45, 2.75) is 12.8 Å². The summed E-state index contributed by atoms with van der Waals surface area (Å²) in [6, 6.07) is 1.78. The largest absolute Gasteiger partial charge is 0.345 e. The zero-order valence-corrected chi connectivity index (χ0v) is 13.4. The monoisotopic (exact) mass is 344 g/mol. The number of hydrogen-bond donors (Lipinski definition) is 2. The molecule has 2 N–H and O–H groups in total. The van der Waals surface area contributed by atoms with E-state index in [0.717, 1.165) is 36.7 Å². The number of nitrogens with one attached hydrogen (secondary N) is 2. The van der Waals surface area contributed by atoms with Crippen molar-refractivity contribution in [2.24, 2.45) is 4.99 Å². The molecule has 0 spiro atoms. The highest BCUT2D eigenvalue weighted by Gasteiger charge is 2.14. The normalized spacial score (nSPS) is 16.8. The van der Waals surface area contributed by atoms with Crippen molar-refractivity contribution in [3.8, 4) is 11.4 Å². The molecule has 0 aromatic carbocycles. The standard InChI is InChI=1S/C16H14ClFN6/c17-9-4-11-12(7-21-14(11)20-5-9)15-22-8-13(18)16(24-15)23-10-2-1-3-19-6-10/h4-5,7-8,19H,1-3,6H2,(H,20,21). The Kier molecular flexibility index (Phi) is 3.95. The Morgan fingerprint density at radius 1 is 1.25 bits per heavy atom. The van der Waals surface area contributed by atoms with Crippen LogP contribution in [-0.4, -0.2) is 38.7 Å². The summed E-state index contributed by atoms with van der Waals surface area (Å²) in [6.07, 6.45) is 6.28. The first-order valence-electron chi connectivity index (χ1n) is 7.63. The van der Waals surface area contributed by atoms with E-state index in [-0.39, 0.29) is 5.82 Å². The number of piperidine rings is 1. The van der Waals surface area contributed by atoms with Gasteiger partial charge in [-0.1, -0.05) is 11.6 Å². The number of H-pyrrole nitrogens is 1. The molecular formula is C16H14ClFN6.